The van der Waals surface area contributed by atoms with Crippen LogP contribution in [0.4, 0.5) is 0 Å². The van der Waals surface area contributed by atoms with Gasteiger partial charge in [-0.05, 0) is 23.8 Å². The first kappa shape index (κ1) is 12.4. The number of esters is 1. The molecule has 1 aliphatic rings. The zero-order valence-electron chi connectivity index (χ0n) is 11.0. The molecule has 1 aliphatic heterocycles. The van der Waals surface area contributed by atoms with Gasteiger partial charge in [-0.25, -0.2) is 9.78 Å². The fourth-order valence-electron chi connectivity index (χ4n) is 2.74. The number of benzene rings is 2. The van der Waals surface area contributed by atoms with Crippen molar-refractivity contribution in [2.75, 3.05) is 0 Å². The molecule has 1 aromatic heterocycles. The SMILES string of the molecule is O=C1OCc2nc3ccccc3c(-c3cccc(Cl)c3)c21. The van der Waals surface area contributed by atoms with Crippen LogP contribution in [0.2, 0.25) is 5.02 Å². The van der Waals surface area contributed by atoms with Crippen LogP contribution >= 0.6 is 11.6 Å². The molecule has 0 aliphatic carbocycles. The third kappa shape index (κ3) is 1.89. The van der Waals surface area contributed by atoms with Gasteiger partial charge in [0.25, 0.3) is 0 Å². The van der Waals surface area contributed by atoms with Crippen LogP contribution in [0.1, 0.15) is 16.1 Å². The highest BCUT2D eigenvalue weighted by Gasteiger charge is 2.28. The maximum absolute atomic E-state index is 12.1. The number of ether oxygens (including phenoxy) is 1. The molecule has 3 nitrogen and oxygen atoms in total. The van der Waals surface area contributed by atoms with Gasteiger partial charge in [0.15, 0.2) is 0 Å². The summed E-state index contributed by atoms with van der Waals surface area (Å²) >= 11 is 6.10. The minimum absolute atomic E-state index is 0.229. The van der Waals surface area contributed by atoms with Crippen LogP contribution in [0.3, 0.4) is 0 Å². The zero-order valence-corrected chi connectivity index (χ0v) is 11.7. The lowest BCUT2D eigenvalue weighted by Gasteiger charge is -2.10. The Morgan fingerprint density at radius 3 is 2.76 bits per heavy atom. The first-order valence-electron chi connectivity index (χ1n) is 6.59. The van der Waals surface area contributed by atoms with Crippen molar-refractivity contribution in [1.29, 1.82) is 0 Å². The summed E-state index contributed by atoms with van der Waals surface area (Å²) in [5.41, 5.74) is 3.84. The monoisotopic (exact) mass is 295 g/mol. The number of nitrogens with zero attached hydrogens (tertiary/aromatic N) is 1. The van der Waals surface area contributed by atoms with Gasteiger partial charge in [-0.2, -0.15) is 0 Å². The highest BCUT2D eigenvalue weighted by atomic mass is 35.5. The van der Waals surface area contributed by atoms with Crippen molar-refractivity contribution in [1.82, 2.24) is 4.98 Å². The van der Waals surface area contributed by atoms with E-state index in [1.807, 2.05) is 48.5 Å². The molecule has 0 saturated heterocycles. The topological polar surface area (TPSA) is 39.2 Å². The van der Waals surface area contributed by atoms with Crippen molar-refractivity contribution in [2.24, 2.45) is 0 Å². The molecule has 2 heterocycles. The Bertz CT molecular complexity index is 889. The number of pyridine rings is 1. The Labute approximate surface area is 126 Å². The highest BCUT2D eigenvalue weighted by molar-refractivity contribution is 6.31. The fraction of sp³-hybridized carbons (Fsp3) is 0.0588. The smallest absolute Gasteiger partial charge is 0.341 e. The molecule has 4 rings (SSSR count). The molecule has 0 bridgehead atoms. The molecule has 21 heavy (non-hydrogen) atoms. The highest BCUT2D eigenvalue weighted by Crippen LogP contribution is 2.37. The van der Waals surface area contributed by atoms with E-state index in [1.165, 1.54) is 0 Å². The summed E-state index contributed by atoms with van der Waals surface area (Å²) in [6.07, 6.45) is 0. The van der Waals surface area contributed by atoms with Crippen LogP contribution in [0, 0.1) is 0 Å². The summed E-state index contributed by atoms with van der Waals surface area (Å²) in [5, 5.41) is 1.56. The average molecular weight is 296 g/mol. The van der Waals surface area contributed by atoms with Crippen LogP contribution < -0.4 is 0 Å². The summed E-state index contributed by atoms with van der Waals surface area (Å²) in [7, 11) is 0. The molecule has 0 saturated carbocycles. The number of rotatable bonds is 1. The first-order valence-corrected chi connectivity index (χ1v) is 6.96. The van der Waals surface area contributed by atoms with E-state index in [4.69, 9.17) is 16.3 Å². The molecule has 0 spiro atoms. The standard InChI is InChI=1S/C17H10ClNO2/c18-11-5-3-4-10(8-11)15-12-6-1-2-7-13(12)19-14-9-21-17(20)16(14)15/h1-8H,9H2. The van der Waals surface area contributed by atoms with E-state index in [1.54, 1.807) is 0 Å². The molecule has 0 amide bonds. The van der Waals surface area contributed by atoms with Crippen molar-refractivity contribution >= 4 is 28.5 Å². The zero-order chi connectivity index (χ0) is 14.4. The van der Waals surface area contributed by atoms with Gasteiger partial charge in [0.2, 0.25) is 0 Å². The number of aromatic nitrogens is 1. The van der Waals surface area contributed by atoms with E-state index in [9.17, 15) is 4.79 Å². The maximum atomic E-state index is 12.1. The second-order valence-corrected chi connectivity index (χ2v) is 5.35. The lowest BCUT2D eigenvalue weighted by atomic mass is 9.95. The van der Waals surface area contributed by atoms with E-state index in [2.05, 4.69) is 4.98 Å². The molecule has 0 fully saturated rings. The third-order valence-electron chi connectivity index (χ3n) is 3.62. The van der Waals surface area contributed by atoms with Gasteiger partial charge in [-0.1, -0.05) is 41.9 Å². The van der Waals surface area contributed by atoms with Crippen molar-refractivity contribution in [3.05, 3.63) is 64.8 Å². The number of para-hydroxylation sites is 1. The third-order valence-corrected chi connectivity index (χ3v) is 3.86. The summed E-state index contributed by atoms with van der Waals surface area (Å²) in [5.74, 6) is -0.321. The van der Waals surface area contributed by atoms with Gasteiger partial charge >= 0.3 is 5.97 Å². The maximum Gasteiger partial charge on any atom is 0.341 e. The minimum Gasteiger partial charge on any atom is -0.455 e. The van der Waals surface area contributed by atoms with Gasteiger partial charge in [-0.3, -0.25) is 0 Å². The molecule has 0 atom stereocenters. The van der Waals surface area contributed by atoms with Crippen LogP contribution in [0.15, 0.2) is 48.5 Å². The summed E-state index contributed by atoms with van der Waals surface area (Å²) < 4.78 is 5.15. The predicted octanol–water partition coefficient (Wildman–Crippen LogP) is 4.23. The molecular weight excluding hydrogens is 286 g/mol. The van der Waals surface area contributed by atoms with E-state index in [0.717, 1.165) is 22.0 Å². The van der Waals surface area contributed by atoms with Crippen LogP contribution in [-0.2, 0) is 11.3 Å². The Hall–Kier alpha value is -2.39. The van der Waals surface area contributed by atoms with Gasteiger partial charge in [0, 0.05) is 16.0 Å². The molecule has 4 heteroatoms. The number of hydrogen-bond donors (Lipinski definition) is 0. The number of carbonyl (C=O) groups excluding carboxylic acids is 1. The van der Waals surface area contributed by atoms with E-state index >= 15 is 0 Å². The van der Waals surface area contributed by atoms with Gasteiger partial charge in [0.05, 0.1) is 16.8 Å². The summed E-state index contributed by atoms with van der Waals surface area (Å²) in [6, 6.07) is 15.3. The summed E-state index contributed by atoms with van der Waals surface area (Å²) in [6.45, 7) is 0.229. The van der Waals surface area contributed by atoms with Crippen molar-refractivity contribution in [3.63, 3.8) is 0 Å². The van der Waals surface area contributed by atoms with Crippen LogP contribution in [-0.4, -0.2) is 11.0 Å². The van der Waals surface area contributed by atoms with Crippen molar-refractivity contribution < 1.29 is 9.53 Å². The molecule has 0 N–H and O–H groups in total. The molecule has 2 aromatic carbocycles. The number of carbonyl (C=O) groups is 1. The second kappa shape index (κ2) is 4.57. The van der Waals surface area contributed by atoms with Crippen LogP contribution in [0.5, 0.6) is 0 Å². The van der Waals surface area contributed by atoms with E-state index in [0.29, 0.717) is 16.3 Å². The number of fused-ring (bicyclic) bond motifs is 2. The molecular formula is C17H10ClNO2. The van der Waals surface area contributed by atoms with E-state index in [-0.39, 0.29) is 12.6 Å². The molecule has 0 radical (unpaired) electrons. The minimum atomic E-state index is -0.321. The molecule has 3 aromatic rings. The molecule has 102 valence electrons. The van der Waals surface area contributed by atoms with Gasteiger partial charge in [0.1, 0.15) is 6.61 Å². The average Bonchev–Trinajstić information content (AvgIpc) is 2.86. The number of cyclic esters (lactones) is 1. The Balaban J connectivity index is 2.15. The lowest BCUT2D eigenvalue weighted by molar-refractivity contribution is 0.0534. The van der Waals surface area contributed by atoms with Crippen molar-refractivity contribution in [3.8, 4) is 11.1 Å². The van der Waals surface area contributed by atoms with Crippen molar-refractivity contribution in [2.45, 2.75) is 6.61 Å². The Morgan fingerprint density at radius 1 is 1.05 bits per heavy atom. The van der Waals surface area contributed by atoms with Gasteiger partial charge in [-0.15, -0.1) is 0 Å². The number of hydrogen-bond acceptors (Lipinski definition) is 3. The lowest BCUT2D eigenvalue weighted by Crippen LogP contribution is -2.00. The molecule has 0 unspecified atom stereocenters. The first-order chi connectivity index (χ1) is 10.2. The van der Waals surface area contributed by atoms with Crippen LogP contribution in [0.25, 0.3) is 22.0 Å². The largest absolute Gasteiger partial charge is 0.455 e. The predicted molar refractivity (Wildman–Crippen MR) is 81.3 cm³/mol. The number of halogens is 1. The Kier molecular flexibility index (Phi) is 2.69. The fourth-order valence-corrected chi connectivity index (χ4v) is 2.93. The van der Waals surface area contributed by atoms with Gasteiger partial charge < -0.3 is 4.74 Å². The van der Waals surface area contributed by atoms with E-state index < -0.39 is 0 Å². The normalized spacial score (nSPS) is 13.3. The summed E-state index contributed by atoms with van der Waals surface area (Å²) in [4.78, 5) is 16.6. The quantitative estimate of drug-likeness (QED) is 0.631. The Morgan fingerprint density at radius 2 is 1.90 bits per heavy atom. The second-order valence-electron chi connectivity index (χ2n) is 4.91.